The molecule has 4 heterocycles. The third-order valence-corrected chi connectivity index (χ3v) is 14.1. The first-order chi connectivity index (χ1) is 31.3. The standard InChI is InChI=1S/C60H35N3/c1-2-14-42-40(12-1)41-13-3-4-15-43(41)51-34-38(26-28-44(42)51)61-54-21-8-6-17-46(54)52-32-36(24-30-57(52)61)37-25-31-58-53(33-37)47-18-7-9-22-55(47)62(58)39-27-29-48-50-20-11-19-49-45-16-5-10-23-56(45)63(60(49)50)59(48)35-39/h1-35H. The molecule has 0 amide bonds. The van der Waals surface area contributed by atoms with Gasteiger partial charge in [0.1, 0.15) is 0 Å². The highest BCUT2D eigenvalue weighted by Gasteiger charge is 2.20. The Morgan fingerprint density at radius 1 is 0.206 bits per heavy atom. The second-order valence-corrected chi connectivity index (χ2v) is 17.2. The molecule has 0 aliphatic carbocycles. The van der Waals surface area contributed by atoms with E-state index in [4.69, 9.17) is 0 Å². The molecule has 11 aromatic carbocycles. The maximum atomic E-state index is 2.47. The van der Waals surface area contributed by atoms with Gasteiger partial charge in [-0.3, -0.25) is 0 Å². The third-order valence-electron chi connectivity index (χ3n) is 14.1. The second-order valence-electron chi connectivity index (χ2n) is 17.2. The van der Waals surface area contributed by atoms with Crippen LogP contribution in [0.5, 0.6) is 0 Å². The largest absolute Gasteiger partial charge is 0.309 e. The van der Waals surface area contributed by atoms with Gasteiger partial charge in [-0.25, -0.2) is 0 Å². The predicted octanol–water partition coefficient (Wildman–Crippen LogP) is 16.2. The minimum atomic E-state index is 1.16. The van der Waals surface area contributed by atoms with E-state index in [2.05, 4.69) is 226 Å². The van der Waals surface area contributed by atoms with E-state index in [-0.39, 0.29) is 0 Å². The van der Waals surface area contributed by atoms with Crippen molar-refractivity contribution in [3.63, 3.8) is 0 Å². The summed E-state index contributed by atoms with van der Waals surface area (Å²) >= 11 is 0. The number of rotatable bonds is 3. The molecule has 4 aromatic heterocycles. The normalized spacial score (nSPS) is 12.4. The van der Waals surface area contributed by atoms with Crippen LogP contribution >= 0.6 is 0 Å². The van der Waals surface area contributed by atoms with E-state index in [1.54, 1.807) is 0 Å². The van der Waals surface area contributed by atoms with Gasteiger partial charge in [-0.1, -0.05) is 146 Å². The van der Waals surface area contributed by atoms with Crippen LogP contribution in [-0.4, -0.2) is 13.5 Å². The summed E-state index contributed by atoms with van der Waals surface area (Å²) in [5.74, 6) is 0. The van der Waals surface area contributed by atoms with Crippen LogP contribution < -0.4 is 0 Å². The summed E-state index contributed by atoms with van der Waals surface area (Å²) in [5, 5.41) is 17.9. The maximum Gasteiger partial charge on any atom is 0.0620 e. The van der Waals surface area contributed by atoms with Crippen molar-refractivity contribution in [3.05, 3.63) is 212 Å². The van der Waals surface area contributed by atoms with Gasteiger partial charge in [0.25, 0.3) is 0 Å². The lowest BCUT2D eigenvalue weighted by Gasteiger charge is -2.14. The molecule has 0 aliphatic heterocycles. The van der Waals surface area contributed by atoms with Crippen LogP contribution in [0.3, 0.4) is 0 Å². The van der Waals surface area contributed by atoms with Gasteiger partial charge < -0.3 is 13.5 Å². The summed E-state index contributed by atoms with van der Waals surface area (Å²) in [7, 11) is 0. The van der Waals surface area contributed by atoms with Gasteiger partial charge in [0.15, 0.2) is 0 Å². The maximum absolute atomic E-state index is 2.47. The highest BCUT2D eigenvalue weighted by atomic mass is 15.0. The van der Waals surface area contributed by atoms with Crippen molar-refractivity contribution in [3.8, 4) is 22.5 Å². The number of benzene rings is 11. The van der Waals surface area contributed by atoms with Gasteiger partial charge in [-0.05, 0) is 110 Å². The molecular weight excluding hydrogens is 763 g/mol. The average molecular weight is 798 g/mol. The van der Waals surface area contributed by atoms with E-state index in [0.29, 0.717) is 0 Å². The van der Waals surface area contributed by atoms with Crippen LogP contribution in [0.4, 0.5) is 0 Å². The Balaban J connectivity index is 0.906. The number of fused-ring (bicyclic) bond motifs is 18. The zero-order valence-electron chi connectivity index (χ0n) is 34.0. The van der Waals surface area contributed by atoms with Crippen LogP contribution in [0.1, 0.15) is 0 Å². The lowest BCUT2D eigenvalue weighted by atomic mass is 9.94. The summed E-state index contributed by atoms with van der Waals surface area (Å²) in [5.41, 5.74) is 13.4. The first-order valence-corrected chi connectivity index (χ1v) is 21.8. The topological polar surface area (TPSA) is 14.3 Å². The molecule has 0 N–H and O–H groups in total. The fourth-order valence-electron chi connectivity index (χ4n) is 11.5. The fraction of sp³-hybridized carbons (Fsp3) is 0. The molecule has 0 radical (unpaired) electrons. The van der Waals surface area contributed by atoms with Gasteiger partial charge in [-0.2, -0.15) is 0 Å². The molecule has 0 unspecified atom stereocenters. The minimum absolute atomic E-state index is 1.16. The molecule has 0 spiro atoms. The molecule has 15 aromatic rings. The summed E-state index contributed by atoms with van der Waals surface area (Å²) < 4.78 is 7.38. The third kappa shape index (κ3) is 4.38. The van der Waals surface area contributed by atoms with Crippen molar-refractivity contribution in [1.29, 1.82) is 0 Å². The molecule has 63 heavy (non-hydrogen) atoms. The monoisotopic (exact) mass is 797 g/mol. The van der Waals surface area contributed by atoms with Gasteiger partial charge in [-0.15, -0.1) is 0 Å². The molecule has 0 saturated heterocycles. The van der Waals surface area contributed by atoms with Gasteiger partial charge in [0.2, 0.25) is 0 Å². The number of para-hydroxylation sites is 4. The highest BCUT2D eigenvalue weighted by Crippen LogP contribution is 2.43. The van der Waals surface area contributed by atoms with Crippen LogP contribution in [0.15, 0.2) is 212 Å². The van der Waals surface area contributed by atoms with Crippen molar-refractivity contribution >= 4 is 114 Å². The minimum Gasteiger partial charge on any atom is -0.309 e. The summed E-state index contributed by atoms with van der Waals surface area (Å²) in [6.07, 6.45) is 0. The Labute approximate surface area is 360 Å². The number of nitrogens with zero attached hydrogens (tertiary/aromatic N) is 3. The van der Waals surface area contributed by atoms with E-state index in [1.165, 1.54) is 131 Å². The molecule has 0 saturated carbocycles. The number of hydrogen-bond acceptors (Lipinski definition) is 0. The lowest BCUT2D eigenvalue weighted by molar-refractivity contribution is 1.18. The van der Waals surface area contributed by atoms with Crippen molar-refractivity contribution in [2.24, 2.45) is 0 Å². The van der Waals surface area contributed by atoms with E-state index < -0.39 is 0 Å². The van der Waals surface area contributed by atoms with Crippen LogP contribution in [0.2, 0.25) is 0 Å². The van der Waals surface area contributed by atoms with Crippen LogP contribution in [-0.2, 0) is 0 Å². The van der Waals surface area contributed by atoms with E-state index in [1.807, 2.05) is 0 Å². The Morgan fingerprint density at radius 2 is 0.587 bits per heavy atom. The highest BCUT2D eigenvalue weighted by molar-refractivity contribution is 6.26. The SMILES string of the molecule is c1ccc2c(c1)c1ccccc1c1cc(-n3c4ccccc4c4cc(-c5ccc6c(c5)c5ccccc5n6-c5ccc6c7cccc8c9ccccc9n(c6c5)c87)ccc43)ccc21. The van der Waals surface area contributed by atoms with Crippen molar-refractivity contribution in [1.82, 2.24) is 13.5 Å². The van der Waals surface area contributed by atoms with Gasteiger partial charge in [0, 0.05) is 54.5 Å². The Bertz CT molecular complexity index is 4410. The molecule has 3 heteroatoms. The Morgan fingerprint density at radius 3 is 1.14 bits per heavy atom. The smallest absolute Gasteiger partial charge is 0.0620 e. The van der Waals surface area contributed by atoms with E-state index in [9.17, 15) is 0 Å². The fourth-order valence-corrected chi connectivity index (χ4v) is 11.5. The average Bonchev–Trinajstić information content (AvgIpc) is 4.08. The summed E-state index contributed by atoms with van der Waals surface area (Å²) in [4.78, 5) is 0. The lowest BCUT2D eigenvalue weighted by Crippen LogP contribution is -1.95. The zero-order chi connectivity index (χ0) is 40.9. The van der Waals surface area contributed by atoms with Gasteiger partial charge >= 0.3 is 0 Å². The molecule has 3 nitrogen and oxygen atoms in total. The van der Waals surface area contributed by atoms with Gasteiger partial charge in [0.05, 0.1) is 38.6 Å². The quantitative estimate of drug-likeness (QED) is 0.158. The molecule has 15 rings (SSSR count). The molecular formula is C60H35N3. The first kappa shape index (κ1) is 33.3. The van der Waals surface area contributed by atoms with Crippen LogP contribution in [0.25, 0.3) is 137 Å². The Kier molecular flexibility index (Phi) is 6.41. The first-order valence-electron chi connectivity index (χ1n) is 21.8. The zero-order valence-corrected chi connectivity index (χ0v) is 34.0. The predicted molar refractivity (Wildman–Crippen MR) is 268 cm³/mol. The number of hydrogen-bond donors (Lipinski definition) is 0. The van der Waals surface area contributed by atoms with Crippen molar-refractivity contribution in [2.75, 3.05) is 0 Å². The van der Waals surface area contributed by atoms with E-state index >= 15 is 0 Å². The molecule has 0 atom stereocenters. The molecule has 0 bridgehead atoms. The Hall–Kier alpha value is -8.40. The molecule has 0 fully saturated rings. The summed E-state index contributed by atoms with van der Waals surface area (Å²) in [6.45, 7) is 0. The molecule has 0 aliphatic rings. The molecule has 290 valence electrons. The van der Waals surface area contributed by atoms with Crippen LogP contribution in [0, 0.1) is 0 Å². The second kappa shape index (κ2) is 12.1. The number of aromatic nitrogens is 3. The van der Waals surface area contributed by atoms with E-state index in [0.717, 1.165) is 5.69 Å². The summed E-state index contributed by atoms with van der Waals surface area (Å²) in [6, 6.07) is 79.0. The van der Waals surface area contributed by atoms with Crippen molar-refractivity contribution < 1.29 is 0 Å². The van der Waals surface area contributed by atoms with Crippen molar-refractivity contribution in [2.45, 2.75) is 0 Å².